The van der Waals surface area contributed by atoms with Gasteiger partial charge in [-0.2, -0.15) is 5.10 Å². The molecule has 28 heavy (non-hydrogen) atoms. The van der Waals surface area contributed by atoms with Crippen molar-refractivity contribution in [3.63, 3.8) is 0 Å². The van der Waals surface area contributed by atoms with Crippen molar-refractivity contribution in [1.29, 1.82) is 0 Å². The lowest BCUT2D eigenvalue weighted by molar-refractivity contribution is 0.0601. The minimum absolute atomic E-state index is 0.367. The van der Waals surface area contributed by atoms with Crippen molar-refractivity contribution in [3.8, 4) is 11.1 Å². The fourth-order valence-corrected chi connectivity index (χ4v) is 3.55. The molecule has 0 fully saturated rings. The van der Waals surface area contributed by atoms with Gasteiger partial charge in [0, 0.05) is 16.1 Å². The van der Waals surface area contributed by atoms with E-state index in [-0.39, 0.29) is 5.97 Å². The van der Waals surface area contributed by atoms with Gasteiger partial charge in [-0.3, -0.25) is 4.68 Å². The van der Waals surface area contributed by atoms with Crippen molar-refractivity contribution in [2.24, 2.45) is 0 Å². The van der Waals surface area contributed by atoms with Gasteiger partial charge in [0.1, 0.15) is 0 Å². The molecule has 0 radical (unpaired) electrons. The van der Waals surface area contributed by atoms with Crippen LogP contribution in [0.4, 0.5) is 0 Å². The highest BCUT2D eigenvalue weighted by molar-refractivity contribution is 6.31. The predicted octanol–water partition coefficient (Wildman–Crippen LogP) is 5.50. The largest absolute Gasteiger partial charge is 0.465 e. The molecule has 0 saturated heterocycles. The van der Waals surface area contributed by atoms with E-state index in [0.717, 1.165) is 33.3 Å². The van der Waals surface area contributed by atoms with Crippen LogP contribution in [0.3, 0.4) is 0 Å². The monoisotopic (exact) mass is 390 g/mol. The Morgan fingerprint density at radius 2 is 1.82 bits per heavy atom. The molecule has 4 aromatic rings. The Bertz CT molecular complexity index is 1170. The van der Waals surface area contributed by atoms with Crippen molar-refractivity contribution < 1.29 is 9.53 Å². The Balaban J connectivity index is 1.66. The standard InChI is InChI=1S/C23H19ClN2O2/c1-15-20-11-10-18(23(27)28-2)13-22(20)25-26(15)14-19-9-8-17(12-21(19)24)16-6-4-3-5-7-16/h3-13H,14H2,1-2H3. The fourth-order valence-electron chi connectivity index (χ4n) is 3.31. The van der Waals surface area contributed by atoms with E-state index >= 15 is 0 Å². The Morgan fingerprint density at radius 1 is 1.04 bits per heavy atom. The van der Waals surface area contributed by atoms with Gasteiger partial charge in [-0.05, 0) is 41.8 Å². The first-order valence-corrected chi connectivity index (χ1v) is 9.34. The highest BCUT2D eigenvalue weighted by atomic mass is 35.5. The Hall–Kier alpha value is -3.11. The van der Waals surface area contributed by atoms with Gasteiger partial charge in [0.2, 0.25) is 0 Å². The lowest BCUT2D eigenvalue weighted by atomic mass is 10.0. The summed E-state index contributed by atoms with van der Waals surface area (Å²) in [4.78, 5) is 11.8. The summed E-state index contributed by atoms with van der Waals surface area (Å²) < 4.78 is 6.70. The number of benzene rings is 3. The number of ether oxygens (including phenoxy) is 1. The predicted molar refractivity (Wildman–Crippen MR) is 112 cm³/mol. The maximum Gasteiger partial charge on any atom is 0.337 e. The van der Waals surface area contributed by atoms with Crippen LogP contribution in [0.2, 0.25) is 5.02 Å². The average molecular weight is 391 g/mol. The summed E-state index contributed by atoms with van der Waals surface area (Å²) in [6, 6.07) is 21.7. The van der Waals surface area contributed by atoms with Crippen LogP contribution in [0.5, 0.6) is 0 Å². The van der Waals surface area contributed by atoms with E-state index in [1.165, 1.54) is 7.11 Å². The van der Waals surface area contributed by atoms with E-state index in [1.807, 2.05) is 48.0 Å². The quantitative estimate of drug-likeness (QED) is 0.432. The van der Waals surface area contributed by atoms with Crippen LogP contribution in [0.25, 0.3) is 22.0 Å². The summed E-state index contributed by atoms with van der Waals surface area (Å²) in [5.74, 6) is -0.367. The Labute approximate surface area is 168 Å². The van der Waals surface area contributed by atoms with Crippen LogP contribution in [0, 0.1) is 6.92 Å². The zero-order valence-corrected chi connectivity index (χ0v) is 16.4. The van der Waals surface area contributed by atoms with E-state index in [4.69, 9.17) is 16.3 Å². The number of aromatic nitrogens is 2. The van der Waals surface area contributed by atoms with Gasteiger partial charge in [-0.1, -0.05) is 60.1 Å². The first-order chi connectivity index (χ1) is 13.6. The molecule has 0 unspecified atom stereocenters. The number of rotatable bonds is 4. The van der Waals surface area contributed by atoms with Crippen molar-refractivity contribution in [1.82, 2.24) is 9.78 Å². The van der Waals surface area contributed by atoms with E-state index in [2.05, 4.69) is 23.3 Å². The number of methoxy groups -OCH3 is 1. The maximum atomic E-state index is 11.8. The summed E-state index contributed by atoms with van der Waals surface area (Å²) >= 11 is 6.56. The second-order valence-electron chi connectivity index (χ2n) is 6.64. The normalized spacial score (nSPS) is 11.0. The molecule has 0 bridgehead atoms. The number of halogens is 1. The molecule has 0 aliphatic heterocycles. The first-order valence-electron chi connectivity index (χ1n) is 8.96. The molecule has 1 heterocycles. The highest BCUT2D eigenvalue weighted by Gasteiger charge is 2.13. The number of fused-ring (bicyclic) bond motifs is 1. The molecule has 0 amide bonds. The van der Waals surface area contributed by atoms with E-state index in [0.29, 0.717) is 17.1 Å². The Morgan fingerprint density at radius 3 is 2.54 bits per heavy atom. The minimum Gasteiger partial charge on any atom is -0.465 e. The molecule has 4 rings (SSSR count). The van der Waals surface area contributed by atoms with Crippen LogP contribution >= 0.6 is 11.6 Å². The molecule has 0 N–H and O–H groups in total. The van der Waals surface area contributed by atoms with Crippen LogP contribution in [0.15, 0.2) is 66.7 Å². The molecule has 5 heteroatoms. The molecular formula is C23H19ClN2O2. The van der Waals surface area contributed by atoms with Crippen molar-refractivity contribution in [2.45, 2.75) is 13.5 Å². The number of hydrogen-bond donors (Lipinski definition) is 0. The summed E-state index contributed by atoms with van der Waals surface area (Å²) in [7, 11) is 1.37. The van der Waals surface area contributed by atoms with Crippen molar-refractivity contribution in [2.75, 3.05) is 7.11 Å². The molecule has 0 aliphatic rings. The number of esters is 1. The third-order valence-corrected chi connectivity index (χ3v) is 5.26. The van der Waals surface area contributed by atoms with Crippen molar-refractivity contribution >= 4 is 28.5 Å². The minimum atomic E-state index is -0.367. The van der Waals surface area contributed by atoms with Gasteiger partial charge in [0.25, 0.3) is 0 Å². The second-order valence-corrected chi connectivity index (χ2v) is 7.05. The summed E-state index contributed by atoms with van der Waals surface area (Å²) in [6.45, 7) is 2.57. The maximum absolute atomic E-state index is 11.8. The summed E-state index contributed by atoms with van der Waals surface area (Å²) in [6.07, 6.45) is 0. The highest BCUT2D eigenvalue weighted by Crippen LogP contribution is 2.27. The van der Waals surface area contributed by atoms with Crippen LogP contribution < -0.4 is 0 Å². The number of aryl methyl sites for hydroxylation is 1. The van der Waals surface area contributed by atoms with E-state index < -0.39 is 0 Å². The summed E-state index contributed by atoms with van der Waals surface area (Å²) in [5.41, 5.74) is 5.48. The molecule has 0 aliphatic carbocycles. The molecule has 1 aromatic heterocycles. The fraction of sp³-hybridized carbons (Fsp3) is 0.130. The average Bonchev–Trinajstić information content (AvgIpc) is 3.04. The number of nitrogens with zero attached hydrogens (tertiary/aromatic N) is 2. The lowest BCUT2D eigenvalue weighted by Gasteiger charge is -2.09. The third-order valence-electron chi connectivity index (χ3n) is 4.90. The van der Waals surface area contributed by atoms with Crippen molar-refractivity contribution in [3.05, 3.63) is 88.6 Å². The van der Waals surface area contributed by atoms with Crippen LogP contribution in [0.1, 0.15) is 21.6 Å². The van der Waals surface area contributed by atoms with Gasteiger partial charge in [0.05, 0.1) is 24.7 Å². The number of hydrogen-bond acceptors (Lipinski definition) is 3. The molecule has 4 nitrogen and oxygen atoms in total. The zero-order chi connectivity index (χ0) is 19.7. The lowest BCUT2D eigenvalue weighted by Crippen LogP contribution is -2.04. The van der Waals surface area contributed by atoms with Gasteiger partial charge >= 0.3 is 5.97 Å². The zero-order valence-electron chi connectivity index (χ0n) is 15.6. The molecule has 0 spiro atoms. The van der Waals surface area contributed by atoms with Gasteiger partial charge in [-0.25, -0.2) is 4.79 Å². The second kappa shape index (κ2) is 7.49. The topological polar surface area (TPSA) is 44.1 Å². The SMILES string of the molecule is COC(=O)c1ccc2c(C)n(Cc3ccc(-c4ccccc4)cc3Cl)nc2c1. The smallest absolute Gasteiger partial charge is 0.337 e. The van der Waals surface area contributed by atoms with E-state index in [1.54, 1.807) is 12.1 Å². The summed E-state index contributed by atoms with van der Waals surface area (Å²) in [5, 5.41) is 6.37. The molecule has 0 saturated carbocycles. The van der Waals surface area contributed by atoms with Crippen LogP contribution in [-0.4, -0.2) is 22.9 Å². The molecule has 140 valence electrons. The van der Waals surface area contributed by atoms with E-state index in [9.17, 15) is 4.79 Å². The third kappa shape index (κ3) is 3.39. The molecule has 0 atom stereocenters. The Kier molecular flexibility index (Phi) is 4.88. The van der Waals surface area contributed by atoms with Gasteiger partial charge in [-0.15, -0.1) is 0 Å². The molecule has 3 aromatic carbocycles. The van der Waals surface area contributed by atoms with Crippen LogP contribution in [-0.2, 0) is 11.3 Å². The number of carbonyl (C=O) groups excluding carboxylic acids is 1. The number of carbonyl (C=O) groups is 1. The van der Waals surface area contributed by atoms with Gasteiger partial charge < -0.3 is 4.74 Å². The first kappa shape index (κ1) is 18.3. The molecular weight excluding hydrogens is 372 g/mol. The van der Waals surface area contributed by atoms with Gasteiger partial charge in [0.15, 0.2) is 0 Å².